The summed E-state index contributed by atoms with van der Waals surface area (Å²) in [4.78, 5) is 13.8. The molecule has 1 saturated heterocycles. The van der Waals surface area contributed by atoms with Crippen LogP contribution in [0.2, 0.25) is 5.02 Å². The zero-order valence-corrected chi connectivity index (χ0v) is 17.0. The summed E-state index contributed by atoms with van der Waals surface area (Å²) in [5, 5.41) is 14.1. The van der Waals surface area contributed by atoms with Crippen molar-refractivity contribution in [2.24, 2.45) is 12.2 Å². The Balaban J connectivity index is 1.73. The highest BCUT2D eigenvalue weighted by Gasteiger charge is 2.40. The largest absolute Gasteiger partial charge is 0.411 e. The molecular weight excluding hydrogens is 390 g/mol. The number of rotatable bonds is 5. The molecule has 0 amide bonds. The van der Waals surface area contributed by atoms with Gasteiger partial charge in [0.05, 0.1) is 5.71 Å². The Bertz CT molecular complexity index is 1070. The molecular formula is C22H22ClN3O3. The molecule has 6 nitrogen and oxygen atoms in total. The van der Waals surface area contributed by atoms with Gasteiger partial charge in [-0.1, -0.05) is 53.2 Å². The second kappa shape index (κ2) is 7.89. The molecule has 2 aliphatic heterocycles. The van der Waals surface area contributed by atoms with E-state index in [-0.39, 0.29) is 23.8 Å². The first-order valence-electron chi connectivity index (χ1n) is 9.37. The number of hydrogen-bond donors (Lipinski definition) is 1. The van der Waals surface area contributed by atoms with Crippen molar-refractivity contribution in [3.8, 4) is 0 Å². The van der Waals surface area contributed by atoms with E-state index in [0.29, 0.717) is 17.2 Å². The standard InChI is InChI=1S/C22H22ClN3O3/c1-25-12-14(8-10-21(25)27)17(16-5-3-4-6-18(16)23)11-19(24-28)15-7-9-20-22(29-20)26(2)13-15/h3-10,12-13,17,20,22,28H,11H2,1-2H3/b24-19+. The van der Waals surface area contributed by atoms with Crippen LogP contribution < -0.4 is 5.56 Å². The molecule has 1 N–H and O–H groups in total. The quantitative estimate of drug-likeness (QED) is 0.354. The van der Waals surface area contributed by atoms with Crippen molar-refractivity contribution in [1.82, 2.24) is 9.47 Å². The van der Waals surface area contributed by atoms with E-state index in [1.54, 1.807) is 29.9 Å². The fraction of sp³-hybridized carbons (Fsp3) is 0.273. The van der Waals surface area contributed by atoms with Crippen molar-refractivity contribution < 1.29 is 9.94 Å². The van der Waals surface area contributed by atoms with E-state index in [0.717, 1.165) is 16.7 Å². The number of allylic oxidation sites excluding steroid dienone is 2. The van der Waals surface area contributed by atoms with Crippen LogP contribution in [-0.2, 0) is 11.8 Å². The van der Waals surface area contributed by atoms with Gasteiger partial charge < -0.3 is 19.4 Å². The number of aryl methyl sites for hydroxylation is 1. The molecule has 1 aromatic carbocycles. The number of oxime groups is 1. The van der Waals surface area contributed by atoms with Crippen LogP contribution in [0, 0.1) is 0 Å². The maximum atomic E-state index is 11.9. The Hall–Kier alpha value is -2.83. The summed E-state index contributed by atoms with van der Waals surface area (Å²) in [5.74, 6) is -0.185. The lowest BCUT2D eigenvalue weighted by Gasteiger charge is -2.21. The molecule has 0 saturated carbocycles. The van der Waals surface area contributed by atoms with Crippen LogP contribution >= 0.6 is 11.6 Å². The summed E-state index contributed by atoms with van der Waals surface area (Å²) in [7, 11) is 3.65. The molecule has 150 valence electrons. The molecule has 2 aromatic rings. The molecule has 1 aromatic heterocycles. The van der Waals surface area contributed by atoms with E-state index >= 15 is 0 Å². The minimum atomic E-state index is -0.185. The topological polar surface area (TPSA) is 70.4 Å². The summed E-state index contributed by atoms with van der Waals surface area (Å²) in [6.45, 7) is 0. The van der Waals surface area contributed by atoms with E-state index in [1.165, 1.54) is 0 Å². The predicted octanol–water partition coefficient (Wildman–Crippen LogP) is 3.50. The number of benzene rings is 1. The molecule has 0 radical (unpaired) electrons. The first-order valence-corrected chi connectivity index (χ1v) is 9.75. The van der Waals surface area contributed by atoms with Crippen LogP contribution in [0.1, 0.15) is 23.5 Å². The van der Waals surface area contributed by atoms with Crippen LogP contribution in [0.15, 0.2) is 76.5 Å². The maximum absolute atomic E-state index is 11.9. The Morgan fingerprint density at radius 3 is 2.79 bits per heavy atom. The molecule has 0 spiro atoms. The number of hydrogen-bond acceptors (Lipinski definition) is 5. The van der Waals surface area contributed by atoms with E-state index in [9.17, 15) is 10.0 Å². The second-order valence-corrected chi connectivity index (χ2v) is 7.74. The van der Waals surface area contributed by atoms with Crippen molar-refractivity contribution in [3.05, 3.63) is 93.0 Å². The zero-order valence-electron chi connectivity index (χ0n) is 16.2. The third kappa shape index (κ3) is 3.99. The summed E-state index contributed by atoms with van der Waals surface area (Å²) in [6.07, 6.45) is 8.14. The number of fused-ring (bicyclic) bond motifs is 1. The highest BCUT2D eigenvalue weighted by molar-refractivity contribution is 6.31. The van der Waals surface area contributed by atoms with E-state index in [1.807, 2.05) is 54.6 Å². The molecule has 7 heteroatoms. The SMILES string of the molecule is CN1C=C(/C(CC(c2ccc(=O)n(C)c2)c2ccccc2Cl)=N/O)C=CC2OC21. The number of ether oxygens (including phenoxy) is 1. The average molecular weight is 412 g/mol. The fourth-order valence-electron chi connectivity index (χ4n) is 3.69. The Kier molecular flexibility index (Phi) is 5.30. The summed E-state index contributed by atoms with van der Waals surface area (Å²) >= 11 is 6.50. The van der Waals surface area contributed by atoms with Crippen molar-refractivity contribution in [2.75, 3.05) is 7.05 Å². The minimum Gasteiger partial charge on any atom is -0.411 e. The first kappa shape index (κ1) is 19.5. The van der Waals surface area contributed by atoms with Gasteiger partial charge in [-0.15, -0.1) is 0 Å². The van der Waals surface area contributed by atoms with Crippen LogP contribution in [0.3, 0.4) is 0 Å². The highest BCUT2D eigenvalue weighted by atomic mass is 35.5. The molecule has 1 fully saturated rings. The monoisotopic (exact) mass is 411 g/mol. The molecule has 3 unspecified atom stereocenters. The average Bonchev–Trinajstić information content (AvgIpc) is 3.50. The molecule has 3 atom stereocenters. The summed E-state index contributed by atoms with van der Waals surface area (Å²) < 4.78 is 7.07. The van der Waals surface area contributed by atoms with Gasteiger partial charge in [-0.3, -0.25) is 4.79 Å². The van der Waals surface area contributed by atoms with Gasteiger partial charge in [0, 0.05) is 55.5 Å². The van der Waals surface area contributed by atoms with Gasteiger partial charge in [0.1, 0.15) is 6.10 Å². The van der Waals surface area contributed by atoms with Gasteiger partial charge in [0.15, 0.2) is 6.23 Å². The molecule has 0 aliphatic carbocycles. The number of aromatic nitrogens is 1. The molecule has 3 heterocycles. The van der Waals surface area contributed by atoms with Gasteiger partial charge in [-0.05, 0) is 17.2 Å². The van der Waals surface area contributed by atoms with Crippen molar-refractivity contribution in [1.29, 1.82) is 0 Å². The van der Waals surface area contributed by atoms with E-state index in [4.69, 9.17) is 16.3 Å². The highest BCUT2D eigenvalue weighted by Crippen LogP contribution is 2.35. The number of epoxide rings is 1. The van der Waals surface area contributed by atoms with Gasteiger partial charge in [-0.2, -0.15) is 0 Å². The van der Waals surface area contributed by atoms with Crippen LogP contribution in [-0.4, -0.2) is 39.8 Å². The van der Waals surface area contributed by atoms with E-state index in [2.05, 4.69) is 5.16 Å². The van der Waals surface area contributed by atoms with Crippen molar-refractivity contribution >= 4 is 17.3 Å². The Morgan fingerprint density at radius 2 is 2.07 bits per heavy atom. The Labute approximate surface area is 174 Å². The number of halogens is 1. The van der Waals surface area contributed by atoms with Crippen molar-refractivity contribution in [2.45, 2.75) is 24.7 Å². The van der Waals surface area contributed by atoms with Gasteiger partial charge in [-0.25, -0.2) is 0 Å². The van der Waals surface area contributed by atoms with Crippen molar-refractivity contribution in [3.63, 3.8) is 0 Å². The zero-order chi connectivity index (χ0) is 20.5. The van der Waals surface area contributed by atoms with Crippen LogP contribution in [0.4, 0.5) is 0 Å². The normalized spacial score (nSPS) is 22.0. The van der Waals surface area contributed by atoms with E-state index < -0.39 is 0 Å². The molecule has 2 aliphatic rings. The minimum absolute atomic E-state index is 0.0340. The number of pyridine rings is 1. The van der Waals surface area contributed by atoms with Gasteiger partial charge in [0.2, 0.25) is 5.56 Å². The predicted molar refractivity (Wildman–Crippen MR) is 112 cm³/mol. The van der Waals surface area contributed by atoms with Gasteiger partial charge >= 0.3 is 0 Å². The lowest BCUT2D eigenvalue weighted by Crippen LogP contribution is -2.19. The van der Waals surface area contributed by atoms with Crippen LogP contribution in [0.25, 0.3) is 0 Å². The number of nitrogens with zero attached hydrogens (tertiary/aromatic N) is 3. The molecule has 29 heavy (non-hydrogen) atoms. The third-order valence-corrected chi connectivity index (χ3v) is 5.70. The Morgan fingerprint density at radius 1 is 1.28 bits per heavy atom. The fourth-order valence-corrected chi connectivity index (χ4v) is 3.95. The lowest BCUT2D eigenvalue weighted by atomic mass is 9.86. The first-order chi connectivity index (χ1) is 14.0. The molecule has 4 rings (SSSR count). The smallest absolute Gasteiger partial charge is 0.250 e. The summed E-state index contributed by atoms with van der Waals surface area (Å²) in [5.41, 5.74) is 3.09. The number of likely N-dealkylation sites (N-methyl/N-ethyl adjacent to an activating group) is 1. The molecule has 0 bridgehead atoms. The summed E-state index contributed by atoms with van der Waals surface area (Å²) in [6, 6.07) is 10.9. The lowest BCUT2D eigenvalue weighted by molar-refractivity contribution is 0.267. The van der Waals surface area contributed by atoms with Crippen LogP contribution in [0.5, 0.6) is 0 Å². The third-order valence-electron chi connectivity index (χ3n) is 5.35. The second-order valence-electron chi connectivity index (χ2n) is 7.34. The van der Waals surface area contributed by atoms with Gasteiger partial charge in [0.25, 0.3) is 0 Å². The maximum Gasteiger partial charge on any atom is 0.250 e.